The van der Waals surface area contributed by atoms with Crippen LogP contribution in [0.1, 0.15) is 26.7 Å². The monoisotopic (exact) mass is 154 g/mol. The molecule has 62 valence electrons. The van der Waals surface area contributed by atoms with Gasteiger partial charge in [-0.25, -0.2) is 0 Å². The highest BCUT2D eigenvalue weighted by Gasteiger charge is 2.18. The normalized spacial score (nSPS) is 27.1. The minimum absolute atomic E-state index is 0.0803. The molecule has 0 aromatic carbocycles. The summed E-state index contributed by atoms with van der Waals surface area (Å²) in [5, 5.41) is 0. The molecular formula is C9H14O2. The molecule has 1 aliphatic heterocycles. The van der Waals surface area contributed by atoms with Gasteiger partial charge in [-0.3, -0.25) is 4.79 Å². The summed E-state index contributed by atoms with van der Waals surface area (Å²) in [6.45, 7) is 4.48. The molecule has 0 N–H and O–H groups in total. The highest BCUT2D eigenvalue weighted by atomic mass is 16.5. The molecule has 2 heteroatoms. The van der Waals surface area contributed by atoms with Crippen LogP contribution in [-0.4, -0.2) is 12.4 Å². The molecular weight excluding hydrogens is 140 g/mol. The van der Waals surface area contributed by atoms with E-state index in [1.165, 1.54) is 0 Å². The van der Waals surface area contributed by atoms with Gasteiger partial charge in [0.1, 0.15) is 0 Å². The van der Waals surface area contributed by atoms with E-state index in [4.69, 9.17) is 4.74 Å². The fourth-order valence-electron chi connectivity index (χ4n) is 1.22. The van der Waals surface area contributed by atoms with Crippen molar-refractivity contribution < 1.29 is 9.53 Å². The molecule has 0 saturated carbocycles. The van der Waals surface area contributed by atoms with Crippen LogP contribution >= 0.6 is 0 Å². The van der Waals surface area contributed by atoms with Crippen molar-refractivity contribution in [2.75, 3.05) is 6.61 Å². The zero-order valence-electron chi connectivity index (χ0n) is 7.09. The SMILES string of the molecule is CCC1CO/C(=C/C(C)=O)C1. The van der Waals surface area contributed by atoms with Gasteiger partial charge in [0, 0.05) is 12.5 Å². The van der Waals surface area contributed by atoms with Crippen molar-refractivity contribution in [2.45, 2.75) is 26.7 Å². The second-order valence-electron chi connectivity index (χ2n) is 3.01. The second kappa shape index (κ2) is 3.56. The molecule has 1 aliphatic rings. The average Bonchev–Trinajstić information content (AvgIpc) is 2.34. The fraction of sp³-hybridized carbons (Fsp3) is 0.667. The standard InChI is InChI=1S/C9H14O2/c1-3-8-5-9(11-6-8)4-7(2)10/h4,8H,3,5-6H2,1-2H3/b9-4+. The predicted molar refractivity (Wildman–Crippen MR) is 43.1 cm³/mol. The van der Waals surface area contributed by atoms with Crippen molar-refractivity contribution in [3.05, 3.63) is 11.8 Å². The van der Waals surface area contributed by atoms with Gasteiger partial charge in [-0.1, -0.05) is 6.92 Å². The largest absolute Gasteiger partial charge is 0.497 e. The van der Waals surface area contributed by atoms with Crippen LogP contribution in [0.2, 0.25) is 0 Å². The highest BCUT2D eigenvalue weighted by molar-refractivity contribution is 5.87. The fourth-order valence-corrected chi connectivity index (χ4v) is 1.22. The van der Waals surface area contributed by atoms with Gasteiger partial charge < -0.3 is 4.74 Å². The predicted octanol–water partition coefficient (Wildman–Crippen LogP) is 1.91. The van der Waals surface area contributed by atoms with E-state index in [1.807, 2.05) is 0 Å². The molecule has 1 heterocycles. The first-order chi connectivity index (χ1) is 5.22. The van der Waals surface area contributed by atoms with Gasteiger partial charge in [0.15, 0.2) is 5.78 Å². The second-order valence-corrected chi connectivity index (χ2v) is 3.01. The maximum Gasteiger partial charge on any atom is 0.155 e. The third-order valence-corrected chi connectivity index (χ3v) is 1.94. The molecule has 11 heavy (non-hydrogen) atoms. The number of ether oxygens (including phenoxy) is 1. The third-order valence-electron chi connectivity index (χ3n) is 1.94. The number of rotatable bonds is 2. The van der Waals surface area contributed by atoms with E-state index in [1.54, 1.807) is 13.0 Å². The van der Waals surface area contributed by atoms with Crippen molar-refractivity contribution in [1.82, 2.24) is 0 Å². The Morgan fingerprint density at radius 2 is 2.55 bits per heavy atom. The summed E-state index contributed by atoms with van der Waals surface area (Å²) in [7, 11) is 0. The van der Waals surface area contributed by atoms with Gasteiger partial charge in [0.2, 0.25) is 0 Å². The molecule has 0 amide bonds. The molecule has 1 fully saturated rings. The quantitative estimate of drug-likeness (QED) is 0.568. The molecule has 2 nitrogen and oxygen atoms in total. The number of carbonyl (C=O) groups excluding carboxylic acids is 1. The summed E-state index contributed by atoms with van der Waals surface area (Å²) < 4.78 is 5.31. The molecule has 1 unspecified atom stereocenters. The van der Waals surface area contributed by atoms with E-state index >= 15 is 0 Å². The minimum atomic E-state index is 0.0803. The summed E-state index contributed by atoms with van der Waals surface area (Å²) in [6, 6.07) is 0. The van der Waals surface area contributed by atoms with Gasteiger partial charge in [0.25, 0.3) is 0 Å². The maximum atomic E-state index is 10.6. The third kappa shape index (κ3) is 2.37. The summed E-state index contributed by atoms with van der Waals surface area (Å²) in [5.41, 5.74) is 0. The molecule has 0 spiro atoms. The Morgan fingerprint density at radius 3 is 3.00 bits per heavy atom. The molecule has 0 bridgehead atoms. The van der Waals surface area contributed by atoms with Gasteiger partial charge >= 0.3 is 0 Å². The van der Waals surface area contributed by atoms with Crippen LogP contribution in [-0.2, 0) is 9.53 Å². The average molecular weight is 154 g/mol. The zero-order valence-corrected chi connectivity index (χ0v) is 7.09. The van der Waals surface area contributed by atoms with E-state index in [2.05, 4.69) is 6.92 Å². The lowest BCUT2D eigenvalue weighted by atomic mass is 10.1. The van der Waals surface area contributed by atoms with Gasteiger partial charge in [-0.15, -0.1) is 0 Å². The number of ketones is 1. The molecule has 1 atom stereocenters. The van der Waals surface area contributed by atoms with Crippen molar-refractivity contribution >= 4 is 5.78 Å². The van der Waals surface area contributed by atoms with E-state index in [9.17, 15) is 4.79 Å². The van der Waals surface area contributed by atoms with Gasteiger partial charge in [-0.05, 0) is 19.3 Å². The Labute approximate surface area is 67.2 Å². The first kappa shape index (κ1) is 8.31. The van der Waals surface area contributed by atoms with Crippen LogP contribution < -0.4 is 0 Å². The Balaban J connectivity index is 2.47. The summed E-state index contributed by atoms with van der Waals surface area (Å²) in [4.78, 5) is 10.6. The number of carbonyl (C=O) groups is 1. The summed E-state index contributed by atoms with van der Waals surface area (Å²) in [5.74, 6) is 1.57. The lowest BCUT2D eigenvalue weighted by Gasteiger charge is -1.96. The molecule has 1 rings (SSSR count). The lowest BCUT2D eigenvalue weighted by Crippen LogP contribution is -1.94. The number of allylic oxidation sites excluding steroid dienone is 2. The Kier molecular flexibility index (Phi) is 2.69. The van der Waals surface area contributed by atoms with E-state index < -0.39 is 0 Å². The van der Waals surface area contributed by atoms with Crippen LogP contribution in [0.4, 0.5) is 0 Å². The van der Waals surface area contributed by atoms with Crippen LogP contribution in [0.15, 0.2) is 11.8 Å². The topological polar surface area (TPSA) is 26.3 Å². The van der Waals surface area contributed by atoms with E-state index in [0.717, 1.165) is 25.2 Å². The summed E-state index contributed by atoms with van der Waals surface area (Å²) in [6.07, 6.45) is 3.67. The molecule has 0 radical (unpaired) electrons. The van der Waals surface area contributed by atoms with Crippen molar-refractivity contribution in [3.8, 4) is 0 Å². The summed E-state index contributed by atoms with van der Waals surface area (Å²) >= 11 is 0. The number of hydrogen-bond acceptors (Lipinski definition) is 2. The first-order valence-corrected chi connectivity index (χ1v) is 4.06. The van der Waals surface area contributed by atoms with Gasteiger partial charge in [-0.2, -0.15) is 0 Å². The molecule has 0 aromatic heterocycles. The Morgan fingerprint density at radius 1 is 1.82 bits per heavy atom. The van der Waals surface area contributed by atoms with Gasteiger partial charge in [0.05, 0.1) is 12.4 Å². The minimum Gasteiger partial charge on any atom is -0.497 e. The smallest absolute Gasteiger partial charge is 0.155 e. The first-order valence-electron chi connectivity index (χ1n) is 4.06. The van der Waals surface area contributed by atoms with Crippen LogP contribution in [0.25, 0.3) is 0 Å². The van der Waals surface area contributed by atoms with E-state index in [-0.39, 0.29) is 5.78 Å². The van der Waals surface area contributed by atoms with Crippen molar-refractivity contribution in [1.29, 1.82) is 0 Å². The lowest BCUT2D eigenvalue weighted by molar-refractivity contribution is -0.112. The zero-order chi connectivity index (χ0) is 8.27. The highest BCUT2D eigenvalue weighted by Crippen LogP contribution is 2.24. The maximum absolute atomic E-state index is 10.6. The van der Waals surface area contributed by atoms with Crippen LogP contribution in [0.5, 0.6) is 0 Å². The Hall–Kier alpha value is -0.790. The molecule has 1 saturated heterocycles. The molecule has 0 aliphatic carbocycles. The van der Waals surface area contributed by atoms with Crippen molar-refractivity contribution in [2.24, 2.45) is 5.92 Å². The van der Waals surface area contributed by atoms with Crippen molar-refractivity contribution in [3.63, 3.8) is 0 Å². The molecule has 0 aromatic rings. The van der Waals surface area contributed by atoms with Crippen LogP contribution in [0, 0.1) is 5.92 Å². The number of hydrogen-bond donors (Lipinski definition) is 0. The van der Waals surface area contributed by atoms with Crippen LogP contribution in [0.3, 0.4) is 0 Å². The van der Waals surface area contributed by atoms with E-state index in [0.29, 0.717) is 5.92 Å². The Bertz CT molecular complexity index is 182.